The van der Waals surface area contributed by atoms with Crippen LogP contribution in [0.1, 0.15) is 0 Å². The van der Waals surface area contributed by atoms with Crippen molar-refractivity contribution in [1.82, 2.24) is 4.98 Å². The van der Waals surface area contributed by atoms with Crippen molar-refractivity contribution in [2.24, 2.45) is 0 Å². The molecule has 3 N–H and O–H groups in total. The zero-order valence-electron chi connectivity index (χ0n) is 13.4. The van der Waals surface area contributed by atoms with Crippen molar-refractivity contribution < 1.29 is 4.74 Å². The normalized spacial score (nSPS) is 10.7. The molecule has 0 radical (unpaired) electrons. The number of nitrogen functional groups attached to an aromatic ring is 1. The van der Waals surface area contributed by atoms with Gasteiger partial charge in [0.15, 0.2) is 0 Å². The maximum atomic E-state index is 11.9. The van der Waals surface area contributed by atoms with Gasteiger partial charge in [0.05, 0.1) is 5.52 Å². The van der Waals surface area contributed by atoms with Gasteiger partial charge < -0.3 is 15.5 Å². The molecule has 0 aliphatic rings. The summed E-state index contributed by atoms with van der Waals surface area (Å²) >= 11 is 0. The molecule has 4 rings (SSSR count). The number of aromatic nitrogens is 1. The second kappa shape index (κ2) is 6.17. The minimum atomic E-state index is -0.196. The molecule has 4 aromatic rings. The van der Waals surface area contributed by atoms with E-state index in [1.165, 1.54) is 6.07 Å². The Kier molecular flexibility index (Phi) is 3.71. The molecule has 0 saturated carbocycles. The Balaban J connectivity index is 1.85. The zero-order chi connectivity index (χ0) is 17.2. The molecule has 122 valence electrons. The van der Waals surface area contributed by atoms with Crippen LogP contribution in [0.25, 0.3) is 22.0 Å². The number of nitrogens with one attached hydrogen (secondary N) is 1. The van der Waals surface area contributed by atoms with Crippen molar-refractivity contribution in [3.63, 3.8) is 0 Å². The van der Waals surface area contributed by atoms with Crippen LogP contribution in [0.5, 0.6) is 11.5 Å². The van der Waals surface area contributed by atoms with E-state index in [9.17, 15) is 4.79 Å². The van der Waals surface area contributed by atoms with Crippen LogP contribution in [0.15, 0.2) is 83.7 Å². The number of benzene rings is 3. The number of fused-ring (bicyclic) bond motifs is 1. The van der Waals surface area contributed by atoms with Gasteiger partial charge in [-0.3, -0.25) is 4.79 Å². The first-order valence-corrected chi connectivity index (χ1v) is 7.95. The Morgan fingerprint density at radius 1 is 0.800 bits per heavy atom. The maximum absolute atomic E-state index is 11.9. The summed E-state index contributed by atoms with van der Waals surface area (Å²) in [6.07, 6.45) is 0. The Hall–Kier alpha value is -3.53. The molecule has 0 amide bonds. The van der Waals surface area contributed by atoms with Crippen LogP contribution in [-0.2, 0) is 0 Å². The highest BCUT2D eigenvalue weighted by Crippen LogP contribution is 2.31. The second-order valence-electron chi connectivity index (χ2n) is 5.80. The molecule has 0 spiro atoms. The molecule has 0 bridgehead atoms. The predicted molar refractivity (Wildman–Crippen MR) is 101 cm³/mol. The van der Waals surface area contributed by atoms with Gasteiger partial charge in [-0.15, -0.1) is 0 Å². The van der Waals surface area contributed by atoms with Crippen molar-refractivity contribution in [2.75, 3.05) is 5.73 Å². The van der Waals surface area contributed by atoms with Crippen molar-refractivity contribution in [3.8, 4) is 22.6 Å². The average Bonchev–Trinajstić information content (AvgIpc) is 2.63. The molecule has 1 heterocycles. The van der Waals surface area contributed by atoms with E-state index in [-0.39, 0.29) is 5.56 Å². The SMILES string of the molecule is Nc1ccc(-c2ccc3[nH]c(=O)cc(Oc4ccccc4)c3c2)cc1. The first-order valence-electron chi connectivity index (χ1n) is 7.95. The molecule has 0 atom stereocenters. The van der Waals surface area contributed by atoms with Crippen LogP contribution in [0, 0.1) is 0 Å². The van der Waals surface area contributed by atoms with E-state index in [1.54, 1.807) is 0 Å². The molecule has 0 aliphatic heterocycles. The Morgan fingerprint density at radius 3 is 2.28 bits per heavy atom. The fourth-order valence-corrected chi connectivity index (χ4v) is 2.78. The average molecular weight is 328 g/mol. The van der Waals surface area contributed by atoms with Gasteiger partial charge in [-0.1, -0.05) is 36.4 Å². The minimum Gasteiger partial charge on any atom is -0.456 e. The smallest absolute Gasteiger partial charge is 0.252 e. The highest BCUT2D eigenvalue weighted by molar-refractivity contribution is 5.89. The first-order chi connectivity index (χ1) is 12.2. The van der Waals surface area contributed by atoms with Gasteiger partial charge in [0.1, 0.15) is 11.5 Å². The van der Waals surface area contributed by atoms with Crippen LogP contribution in [0.3, 0.4) is 0 Å². The first kappa shape index (κ1) is 15.0. The van der Waals surface area contributed by atoms with Gasteiger partial charge in [-0.2, -0.15) is 0 Å². The zero-order valence-corrected chi connectivity index (χ0v) is 13.4. The van der Waals surface area contributed by atoms with Crippen LogP contribution in [0.2, 0.25) is 0 Å². The molecule has 0 aliphatic carbocycles. The fourth-order valence-electron chi connectivity index (χ4n) is 2.78. The number of ether oxygens (including phenoxy) is 1. The van der Waals surface area contributed by atoms with Crippen LogP contribution in [-0.4, -0.2) is 4.98 Å². The highest BCUT2D eigenvalue weighted by atomic mass is 16.5. The molecular weight excluding hydrogens is 312 g/mol. The van der Waals surface area contributed by atoms with E-state index < -0.39 is 0 Å². The predicted octanol–water partition coefficient (Wildman–Crippen LogP) is 4.57. The number of hydrogen-bond acceptors (Lipinski definition) is 3. The van der Waals surface area contributed by atoms with E-state index >= 15 is 0 Å². The van der Waals surface area contributed by atoms with Crippen molar-refractivity contribution in [3.05, 3.63) is 89.2 Å². The van der Waals surface area contributed by atoms with E-state index in [1.807, 2.05) is 72.8 Å². The summed E-state index contributed by atoms with van der Waals surface area (Å²) in [6.45, 7) is 0. The highest BCUT2D eigenvalue weighted by Gasteiger charge is 2.08. The maximum Gasteiger partial charge on any atom is 0.252 e. The number of rotatable bonds is 3. The number of pyridine rings is 1. The van der Waals surface area contributed by atoms with Gasteiger partial charge in [-0.05, 0) is 47.5 Å². The van der Waals surface area contributed by atoms with E-state index in [4.69, 9.17) is 10.5 Å². The summed E-state index contributed by atoms with van der Waals surface area (Å²) in [5, 5.41) is 0.845. The minimum absolute atomic E-state index is 0.196. The van der Waals surface area contributed by atoms with Gasteiger partial charge >= 0.3 is 0 Å². The third-order valence-electron chi connectivity index (χ3n) is 4.02. The van der Waals surface area contributed by atoms with Gasteiger partial charge in [-0.25, -0.2) is 0 Å². The van der Waals surface area contributed by atoms with Crippen LogP contribution in [0.4, 0.5) is 5.69 Å². The number of aromatic amines is 1. The molecule has 25 heavy (non-hydrogen) atoms. The standard InChI is InChI=1S/C21H16N2O2/c22-16-9-6-14(7-10-16)15-8-11-19-18(12-15)20(13-21(24)23-19)25-17-4-2-1-3-5-17/h1-13H,22H2,(H,23,24). The van der Waals surface area contributed by atoms with Gasteiger partial charge in [0.2, 0.25) is 0 Å². The Bertz CT molecular complexity index is 1080. The number of para-hydroxylation sites is 1. The topological polar surface area (TPSA) is 68.1 Å². The third-order valence-corrected chi connectivity index (χ3v) is 4.02. The van der Waals surface area contributed by atoms with Gasteiger partial charge in [0, 0.05) is 17.1 Å². The van der Waals surface area contributed by atoms with E-state index in [0.29, 0.717) is 11.5 Å². The molecule has 0 saturated heterocycles. The summed E-state index contributed by atoms with van der Waals surface area (Å²) in [4.78, 5) is 14.8. The molecule has 3 aromatic carbocycles. The fraction of sp³-hybridized carbons (Fsp3) is 0. The number of hydrogen-bond donors (Lipinski definition) is 2. The lowest BCUT2D eigenvalue weighted by atomic mass is 10.0. The lowest BCUT2D eigenvalue weighted by Crippen LogP contribution is -2.04. The number of H-pyrrole nitrogens is 1. The monoisotopic (exact) mass is 328 g/mol. The summed E-state index contributed by atoms with van der Waals surface area (Å²) in [5.41, 5.74) is 9.10. The summed E-state index contributed by atoms with van der Waals surface area (Å²) in [6, 6.07) is 24.4. The summed E-state index contributed by atoms with van der Waals surface area (Å²) in [7, 11) is 0. The summed E-state index contributed by atoms with van der Waals surface area (Å²) < 4.78 is 5.94. The molecule has 1 aromatic heterocycles. The Morgan fingerprint density at radius 2 is 1.52 bits per heavy atom. The quantitative estimate of drug-likeness (QED) is 0.541. The lowest BCUT2D eigenvalue weighted by Gasteiger charge is -2.10. The third kappa shape index (κ3) is 3.10. The number of nitrogens with two attached hydrogens (primary N) is 1. The van der Waals surface area contributed by atoms with Crippen LogP contribution >= 0.6 is 0 Å². The molecule has 4 heteroatoms. The van der Waals surface area contributed by atoms with Crippen molar-refractivity contribution >= 4 is 16.6 Å². The van der Waals surface area contributed by atoms with Crippen LogP contribution < -0.4 is 16.0 Å². The lowest BCUT2D eigenvalue weighted by molar-refractivity contribution is 0.487. The van der Waals surface area contributed by atoms with Crippen molar-refractivity contribution in [2.45, 2.75) is 0 Å². The second-order valence-corrected chi connectivity index (χ2v) is 5.80. The van der Waals surface area contributed by atoms with E-state index in [2.05, 4.69) is 4.98 Å². The molecular formula is C21H16N2O2. The van der Waals surface area contributed by atoms with Crippen molar-refractivity contribution in [1.29, 1.82) is 0 Å². The van der Waals surface area contributed by atoms with Gasteiger partial charge in [0.25, 0.3) is 5.56 Å². The molecule has 0 fully saturated rings. The summed E-state index contributed by atoms with van der Waals surface area (Å²) in [5.74, 6) is 1.22. The molecule has 0 unspecified atom stereocenters. The number of anilines is 1. The Labute approximate surface area is 144 Å². The van der Waals surface area contributed by atoms with E-state index in [0.717, 1.165) is 27.7 Å². The molecule has 4 nitrogen and oxygen atoms in total. The largest absolute Gasteiger partial charge is 0.456 e.